The Kier molecular flexibility index (Phi) is 3.35. The molecule has 1 aliphatic carbocycles. The molecule has 0 aliphatic heterocycles. The molecule has 0 aromatic heterocycles. The smallest absolute Gasteiger partial charge is 0.115 e. The number of allylic oxidation sites excluding steroid dienone is 3. The minimum Gasteiger partial charge on any atom is -0.497 e. The van der Waals surface area contributed by atoms with Crippen molar-refractivity contribution < 1.29 is 4.74 Å². The highest BCUT2D eigenvalue weighted by Crippen LogP contribution is 2.31. The Morgan fingerprint density at radius 1 is 1.25 bits per heavy atom. The Morgan fingerprint density at radius 3 is 2.56 bits per heavy atom. The normalized spacial score (nSPS) is 20.1. The van der Waals surface area contributed by atoms with E-state index in [4.69, 9.17) is 16.3 Å². The lowest BCUT2D eigenvalue weighted by molar-refractivity contribution is 0.301. The van der Waals surface area contributed by atoms with Crippen molar-refractivity contribution in [3.05, 3.63) is 58.3 Å². The van der Waals surface area contributed by atoms with Gasteiger partial charge < -0.3 is 4.74 Å². The maximum absolute atomic E-state index is 5.88. The molecule has 0 heterocycles. The fraction of sp³-hybridized carbons (Fsp3) is 0.286. The van der Waals surface area contributed by atoms with Gasteiger partial charge in [-0.1, -0.05) is 29.3 Å². The minimum atomic E-state index is 0.400. The molecule has 0 bridgehead atoms. The van der Waals surface area contributed by atoms with Crippen molar-refractivity contribution >= 4 is 11.6 Å². The van der Waals surface area contributed by atoms with Crippen LogP contribution in [0.3, 0.4) is 0 Å². The summed E-state index contributed by atoms with van der Waals surface area (Å²) in [6.07, 6.45) is 5.30. The summed E-state index contributed by atoms with van der Waals surface area (Å²) < 4.78 is 5.30. The van der Waals surface area contributed by atoms with Gasteiger partial charge in [0.15, 0.2) is 0 Å². The maximum Gasteiger partial charge on any atom is 0.115 e. The largest absolute Gasteiger partial charge is 0.497 e. The summed E-state index contributed by atoms with van der Waals surface area (Å²) >= 11 is 5.88. The molecular formula is C14H15ClO. The molecule has 1 nitrogen and oxygen atoms in total. The first-order valence-electron chi connectivity index (χ1n) is 5.37. The molecular weight excluding hydrogens is 220 g/mol. The van der Waals surface area contributed by atoms with E-state index in [-0.39, 0.29) is 0 Å². The third-order valence-electron chi connectivity index (χ3n) is 2.83. The Bertz CT molecular complexity index is 429. The molecule has 0 saturated heterocycles. The lowest BCUT2D eigenvalue weighted by Gasteiger charge is -2.19. The minimum absolute atomic E-state index is 0.400. The molecule has 0 saturated carbocycles. The van der Waals surface area contributed by atoms with Crippen LogP contribution in [-0.2, 0) is 4.74 Å². The van der Waals surface area contributed by atoms with Crippen LogP contribution >= 0.6 is 11.6 Å². The highest BCUT2D eigenvalue weighted by atomic mass is 35.5. The summed E-state index contributed by atoms with van der Waals surface area (Å²) in [7, 11) is 1.71. The standard InChI is InChI=1S/C14H15ClO/c1-10-7-12(9-14(8-10)16-2)11-3-5-13(15)6-4-11/h3-6,8-9,12H,7H2,1-2H3. The molecule has 1 atom stereocenters. The van der Waals surface area contributed by atoms with Crippen molar-refractivity contribution in [3.8, 4) is 0 Å². The molecule has 2 heteroatoms. The SMILES string of the molecule is COC1=CC(c2ccc(Cl)cc2)CC(C)=C1. The van der Waals surface area contributed by atoms with E-state index in [0.29, 0.717) is 5.92 Å². The van der Waals surface area contributed by atoms with Crippen LogP contribution in [0.4, 0.5) is 0 Å². The fourth-order valence-electron chi connectivity index (χ4n) is 2.00. The summed E-state index contributed by atoms with van der Waals surface area (Å²) in [5.74, 6) is 1.35. The predicted molar refractivity (Wildman–Crippen MR) is 67.7 cm³/mol. The first-order valence-corrected chi connectivity index (χ1v) is 5.75. The highest BCUT2D eigenvalue weighted by molar-refractivity contribution is 6.30. The zero-order chi connectivity index (χ0) is 11.5. The van der Waals surface area contributed by atoms with Crippen LogP contribution in [-0.4, -0.2) is 7.11 Å². The van der Waals surface area contributed by atoms with Crippen molar-refractivity contribution in [2.75, 3.05) is 7.11 Å². The molecule has 0 fully saturated rings. The molecule has 16 heavy (non-hydrogen) atoms. The van der Waals surface area contributed by atoms with E-state index >= 15 is 0 Å². The van der Waals surface area contributed by atoms with Gasteiger partial charge >= 0.3 is 0 Å². The van der Waals surface area contributed by atoms with Gasteiger partial charge in [-0.3, -0.25) is 0 Å². The second kappa shape index (κ2) is 4.75. The van der Waals surface area contributed by atoms with Crippen LogP contribution in [0.15, 0.2) is 47.7 Å². The zero-order valence-corrected chi connectivity index (χ0v) is 10.3. The number of methoxy groups -OCH3 is 1. The number of hydrogen-bond donors (Lipinski definition) is 0. The van der Waals surface area contributed by atoms with Crippen molar-refractivity contribution in [2.45, 2.75) is 19.3 Å². The molecule has 0 N–H and O–H groups in total. The topological polar surface area (TPSA) is 9.23 Å². The second-order valence-electron chi connectivity index (χ2n) is 4.13. The predicted octanol–water partition coefficient (Wildman–Crippen LogP) is 4.30. The molecule has 0 amide bonds. The van der Waals surface area contributed by atoms with Gasteiger partial charge in [0, 0.05) is 10.9 Å². The van der Waals surface area contributed by atoms with Gasteiger partial charge in [-0.05, 0) is 43.2 Å². The van der Waals surface area contributed by atoms with Gasteiger partial charge in [0.05, 0.1) is 7.11 Å². The first kappa shape index (κ1) is 11.3. The monoisotopic (exact) mass is 234 g/mol. The van der Waals surface area contributed by atoms with Crippen LogP contribution in [0, 0.1) is 0 Å². The van der Waals surface area contributed by atoms with Gasteiger partial charge in [0.25, 0.3) is 0 Å². The van der Waals surface area contributed by atoms with Crippen LogP contribution in [0.2, 0.25) is 5.02 Å². The molecule has 1 aromatic carbocycles. The number of benzene rings is 1. The fourth-order valence-corrected chi connectivity index (χ4v) is 2.13. The van der Waals surface area contributed by atoms with E-state index < -0.39 is 0 Å². The van der Waals surface area contributed by atoms with E-state index in [1.807, 2.05) is 12.1 Å². The molecule has 1 unspecified atom stereocenters. The molecule has 0 spiro atoms. The van der Waals surface area contributed by atoms with Gasteiger partial charge in [-0.15, -0.1) is 0 Å². The average Bonchev–Trinajstić information content (AvgIpc) is 2.29. The Labute approximate surface area is 101 Å². The molecule has 2 rings (SSSR count). The van der Waals surface area contributed by atoms with Gasteiger partial charge in [0.2, 0.25) is 0 Å². The number of hydrogen-bond acceptors (Lipinski definition) is 1. The van der Waals surface area contributed by atoms with Gasteiger partial charge in [0.1, 0.15) is 5.76 Å². The lowest BCUT2D eigenvalue weighted by Crippen LogP contribution is -2.03. The van der Waals surface area contributed by atoms with E-state index in [2.05, 4.69) is 31.2 Å². The third kappa shape index (κ3) is 2.48. The van der Waals surface area contributed by atoms with Crippen molar-refractivity contribution in [3.63, 3.8) is 0 Å². The summed E-state index contributed by atoms with van der Waals surface area (Å²) in [6, 6.07) is 8.03. The Balaban J connectivity index is 2.26. The van der Waals surface area contributed by atoms with Crippen LogP contribution in [0.1, 0.15) is 24.8 Å². The second-order valence-corrected chi connectivity index (χ2v) is 4.56. The quantitative estimate of drug-likeness (QED) is 0.741. The Morgan fingerprint density at radius 2 is 1.94 bits per heavy atom. The summed E-state index contributed by atoms with van der Waals surface area (Å²) in [5.41, 5.74) is 2.63. The summed E-state index contributed by atoms with van der Waals surface area (Å²) in [4.78, 5) is 0. The van der Waals surface area contributed by atoms with Crippen LogP contribution in [0.5, 0.6) is 0 Å². The average molecular weight is 235 g/mol. The van der Waals surface area contributed by atoms with E-state index in [0.717, 1.165) is 17.2 Å². The third-order valence-corrected chi connectivity index (χ3v) is 3.08. The summed E-state index contributed by atoms with van der Waals surface area (Å²) in [5, 5.41) is 0.780. The van der Waals surface area contributed by atoms with E-state index in [9.17, 15) is 0 Å². The number of rotatable bonds is 2. The van der Waals surface area contributed by atoms with Gasteiger partial charge in [-0.25, -0.2) is 0 Å². The zero-order valence-electron chi connectivity index (χ0n) is 9.53. The van der Waals surface area contributed by atoms with Crippen molar-refractivity contribution in [2.24, 2.45) is 0 Å². The van der Waals surface area contributed by atoms with E-state index in [1.165, 1.54) is 11.1 Å². The first-order chi connectivity index (χ1) is 7.69. The number of halogens is 1. The van der Waals surface area contributed by atoms with Crippen LogP contribution in [0.25, 0.3) is 0 Å². The molecule has 1 aromatic rings. The van der Waals surface area contributed by atoms with E-state index in [1.54, 1.807) is 7.11 Å². The molecule has 1 aliphatic rings. The molecule has 84 valence electrons. The lowest BCUT2D eigenvalue weighted by atomic mass is 9.88. The summed E-state index contributed by atoms with van der Waals surface area (Å²) in [6.45, 7) is 2.13. The maximum atomic E-state index is 5.88. The number of ether oxygens (including phenoxy) is 1. The van der Waals surface area contributed by atoms with Gasteiger partial charge in [-0.2, -0.15) is 0 Å². The molecule has 0 radical (unpaired) electrons. The Hall–Kier alpha value is -1.21. The highest BCUT2D eigenvalue weighted by Gasteiger charge is 2.15. The van der Waals surface area contributed by atoms with Crippen molar-refractivity contribution in [1.82, 2.24) is 0 Å². The van der Waals surface area contributed by atoms with Crippen LogP contribution < -0.4 is 0 Å². The van der Waals surface area contributed by atoms with Crippen molar-refractivity contribution in [1.29, 1.82) is 0 Å².